The molecule has 1 amide bonds. The molecule has 7 heteroatoms. The average molecular weight is 463 g/mol. The van der Waals surface area contributed by atoms with Crippen LogP contribution in [0.4, 0.5) is 13.2 Å². The molecule has 0 bridgehead atoms. The summed E-state index contributed by atoms with van der Waals surface area (Å²) >= 11 is 5.95. The van der Waals surface area contributed by atoms with Crippen molar-refractivity contribution in [3.63, 3.8) is 0 Å². The number of rotatable bonds is 9. The maximum Gasteiger partial charge on any atom is 0.416 e. The zero-order valence-electron chi connectivity index (χ0n) is 17.9. The van der Waals surface area contributed by atoms with Gasteiger partial charge in [-0.1, -0.05) is 43.5 Å². The third-order valence-electron chi connectivity index (χ3n) is 5.29. The highest BCUT2D eigenvalue weighted by atomic mass is 35.5. The van der Waals surface area contributed by atoms with Crippen molar-refractivity contribution in [1.82, 2.24) is 9.47 Å². The van der Waals surface area contributed by atoms with Crippen LogP contribution in [0, 0.1) is 0 Å². The zero-order chi connectivity index (χ0) is 23.1. The number of hydrogen-bond acceptors (Lipinski definition) is 1. The van der Waals surface area contributed by atoms with Crippen molar-refractivity contribution in [3.8, 4) is 0 Å². The molecule has 1 heterocycles. The van der Waals surface area contributed by atoms with Gasteiger partial charge in [-0.3, -0.25) is 4.79 Å². The Morgan fingerprint density at radius 2 is 1.78 bits per heavy atom. The first-order valence-corrected chi connectivity index (χ1v) is 11.0. The highest BCUT2D eigenvalue weighted by Crippen LogP contribution is 2.29. The lowest BCUT2D eigenvalue weighted by atomic mass is 10.1. The van der Waals surface area contributed by atoms with E-state index in [-0.39, 0.29) is 5.91 Å². The first kappa shape index (κ1) is 23.9. The molecule has 0 saturated carbocycles. The van der Waals surface area contributed by atoms with Crippen molar-refractivity contribution in [3.05, 3.63) is 94.3 Å². The lowest BCUT2D eigenvalue weighted by Gasteiger charge is -2.24. The van der Waals surface area contributed by atoms with Crippen LogP contribution in [0.25, 0.3) is 0 Å². The lowest BCUT2D eigenvalue weighted by Crippen LogP contribution is -2.32. The summed E-state index contributed by atoms with van der Waals surface area (Å²) in [4.78, 5) is 14.9. The van der Waals surface area contributed by atoms with Crippen molar-refractivity contribution in [1.29, 1.82) is 0 Å². The van der Waals surface area contributed by atoms with Crippen LogP contribution in [0.3, 0.4) is 0 Å². The molecule has 1 aromatic heterocycles. The molecule has 3 rings (SSSR count). The minimum absolute atomic E-state index is 0.0930. The summed E-state index contributed by atoms with van der Waals surface area (Å²) in [7, 11) is 0. The molecule has 0 unspecified atom stereocenters. The molecule has 0 saturated heterocycles. The van der Waals surface area contributed by atoms with E-state index in [2.05, 4.69) is 6.92 Å². The second-order valence-electron chi connectivity index (χ2n) is 7.77. The predicted octanol–water partition coefficient (Wildman–Crippen LogP) is 7.04. The van der Waals surface area contributed by atoms with Gasteiger partial charge in [-0.25, -0.2) is 0 Å². The van der Waals surface area contributed by atoms with E-state index in [1.165, 1.54) is 12.1 Å². The van der Waals surface area contributed by atoms with Gasteiger partial charge in [-0.15, -0.1) is 0 Å². The maximum absolute atomic E-state index is 13.1. The van der Waals surface area contributed by atoms with Crippen molar-refractivity contribution in [2.45, 2.75) is 45.5 Å². The van der Waals surface area contributed by atoms with Crippen LogP contribution in [0.15, 0.2) is 66.9 Å². The van der Waals surface area contributed by atoms with Gasteiger partial charge in [0.1, 0.15) is 0 Å². The van der Waals surface area contributed by atoms with Gasteiger partial charge >= 0.3 is 6.18 Å². The molecule has 0 aliphatic heterocycles. The smallest absolute Gasteiger partial charge is 0.345 e. The highest BCUT2D eigenvalue weighted by Gasteiger charge is 2.30. The molecule has 3 aromatic rings. The Hall–Kier alpha value is -2.73. The normalized spacial score (nSPS) is 11.5. The first-order valence-electron chi connectivity index (χ1n) is 10.6. The molecule has 0 spiro atoms. The van der Waals surface area contributed by atoms with Gasteiger partial charge in [-0.05, 0) is 60.5 Å². The largest absolute Gasteiger partial charge is 0.416 e. The molecule has 0 aliphatic rings. The molecule has 32 heavy (non-hydrogen) atoms. The van der Waals surface area contributed by atoms with Crippen LogP contribution < -0.4 is 0 Å². The number of alkyl halides is 3. The van der Waals surface area contributed by atoms with Crippen LogP contribution in [0.5, 0.6) is 0 Å². The maximum atomic E-state index is 13.1. The number of nitrogens with zero attached hydrogens (tertiary/aromatic N) is 2. The fraction of sp³-hybridized carbons (Fsp3) is 0.320. The summed E-state index contributed by atoms with van der Waals surface area (Å²) in [6.07, 6.45) is 0.373. The molecule has 0 fully saturated rings. The minimum Gasteiger partial charge on any atom is -0.345 e. The molecule has 0 radical (unpaired) electrons. The third-order valence-corrected chi connectivity index (χ3v) is 5.55. The Balaban J connectivity index is 1.79. The van der Waals surface area contributed by atoms with Crippen LogP contribution >= 0.6 is 11.6 Å². The van der Waals surface area contributed by atoms with Crippen LogP contribution in [-0.4, -0.2) is 21.9 Å². The Morgan fingerprint density at radius 1 is 1.03 bits per heavy atom. The topological polar surface area (TPSA) is 25.2 Å². The summed E-state index contributed by atoms with van der Waals surface area (Å²) in [6.45, 7) is 3.37. The number of unbranched alkanes of at least 4 members (excludes halogenated alkanes) is 2. The van der Waals surface area contributed by atoms with Gasteiger partial charge in [0.2, 0.25) is 0 Å². The molecule has 170 valence electrons. The molecular weight excluding hydrogens is 437 g/mol. The van der Waals surface area contributed by atoms with Gasteiger partial charge in [0.05, 0.1) is 12.1 Å². The molecular formula is C25H26ClF3N2O. The number of halogens is 4. The predicted molar refractivity (Wildman–Crippen MR) is 121 cm³/mol. The van der Waals surface area contributed by atoms with Crippen LogP contribution in [0.2, 0.25) is 5.02 Å². The van der Waals surface area contributed by atoms with E-state index < -0.39 is 11.7 Å². The Labute approximate surface area is 191 Å². The van der Waals surface area contributed by atoms with Crippen molar-refractivity contribution in [2.75, 3.05) is 6.54 Å². The van der Waals surface area contributed by atoms with E-state index in [4.69, 9.17) is 11.6 Å². The number of carbonyl (C=O) groups is 1. The van der Waals surface area contributed by atoms with Crippen LogP contribution in [-0.2, 0) is 19.3 Å². The van der Waals surface area contributed by atoms with E-state index in [9.17, 15) is 18.0 Å². The average Bonchev–Trinajstić information content (AvgIpc) is 3.19. The summed E-state index contributed by atoms with van der Waals surface area (Å²) in [5.74, 6) is -0.0930. The molecule has 0 atom stereocenters. The molecule has 0 aliphatic carbocycles. The van der Waals surface area contributed by atoms with E-state index in [0.29, 0.717) is 35.8 Å². The second-order valence-corrected chi connectivity index (χ2v) is 8.20. The summed E-state index contributed by atoms with van der Waals surface area (Å²) in [5, 5.41) is 0.564. The summed E-state index contributed by atoms with van der Waals surface area (Å²) < 4.78 is 41.1. The minimum atomic E-state index is -4.38. The third kappa shape index (κ3) is 6.39. The Kier molecular flexibility index (Phi) is 8.02. The number of benzene rings is 2. The monoisotopic (exact) mass is 462 g/mol. The van der Waals surface area contributed by atoms with Crippen molar-refractivity contribution < 1.29 is 18.0 Å². The fourth-order valence-corrected chi connectivity index (χ4v) is 3.69. The number of hydrogen-bond donors (Lipinski definition) is 0. The van der Waals surface area contributed by atoms with Crippen LogP contribution in [0.1, 0.15) is 53.4 Å². The van der Waals surface area contributed by atoms with Gasteiger partial charge < -0.3 is 9.47 Å². The van der Waals surface area contributed by atoms with Crippen molar-refractivity contribution in [2.24, 2.45) is 0 Å². The lowest BCUT2D eigenvalue weighted by molar-refractivity contribution is -0.137. The van der Waals surface area contributed by atoms with Gasteiger partial charge in [0, 0.05) is 35.6 Å². The standard InChI is InChI=1S/C25H26ClF3N2O/c1-2-3-4-14-31(24(32)20-10-12-22(26)13-11-20)18-23-9-6-15-30(23)17-19-7-5-8-21(16-19)25(27,28)29/h5-13,15-16H,2-4,14,17-18H2,1H3. The highest BCUT2D eigenvalue weighted by molar-refractivity contribution is 6.30. The van der Waals surface area contributed by atoms with Gasteiger partial charge in [0.15, 0.2) is 0 Å². The quantitative estimate of drug-likeness (QED) is 0.313. The van der Waals surface area contributed by atoms with E-state index in [0.717, 1.165) is 31.0 Å². The summed E-state index contributed by atoms with van der Waals surface area (Å²) in [5.41, 5.74) is 1.31. The first-order chi connectivity index (χ1) is 15.3. The van der Waals surface area contributed by atoms with E-state index in [1.54, 1.807) is 35.2 Å². The number of carbonyl (C=O) groups excluding carboxylic acids is 1. The van der Waals surface area contributed by atoms with Gasteiger partial charge in [-0.2, -0.15) is 13.2 Å². The van der Waals surface area contributed by atoms with E-state index >= 15 is 0 Å². The fourth-order valence-electron chi connectivity index (χ4n) is 3.57. The molecule has 0 N–H and O–H groups in total. The second kappa shape index (κ2) is 10.7. The number of aromatic nitrogens is 1. The molecule has 3 nitrogen and oxygen atoms in total. The number of amides is 1. The zero-order valence-corrected chi connectivity index (χ0v) is 18.7. The molecule has 2 aromatic carbocycles. The van der Waals surface area contributed by atoms with E-state index in [1.807, 2.05) is 22.9 Å². The van der Waals surface area contributed by atoms with Crippen molar-refractivity contribution >= 4 is 17.5 Å². The van der Waals surface area contributed by atoms with Gasteiger partial charge in [0.25, 0.3) is 5.91 Å². The summed E-state index contributed by atoms with van der Waals surface area (Å²) in [6, 6.07) is 15.9. The Morgan fingerprint density at radius 3 is 2.47 bits per heavy atom. The SMILES string of the molecule is CCCCCN(Cc1cccn1Cc1cccc(C(F)(F)F)c1)C(=O)c1ccc(Cl)cc1. The Bertz CT molecular complexity index is 1030.